The number of carbonyl (C=O) groups is 1. The minimum absolute atomic E-state index is 0.0514. The van der Waals surface area contributed by atoms with Crippen molar-refractivity contribution >= 4 is 21.6 Å². The van der Waals surface area contributed by atoms with E-state index in [-0.39, 0.29) is 16.3 Å². The lowest BCUT2D eigenvalue weighted by Crippen LogP contribution is -2.39. The van der Waals surface area contributed by atoms with E-state index in [2.05, 4.69) is 10.0 Å². The minimum Gasteiger partial charge on any atom is -0.391 e. The highest BCUT2D eigenvalue weighted by Gasteiger charge is 2.30. The van der Waals surface area contributed by atoms with Crippen LogP contribution in [0.4, 0.5) is 10.1 Å². The fourth-order valence-electron chi connectivity index (χ4n) is 3.08. The monoisotopic (exact) mass is 392 g/mol. The van der Waals surface area contributed by atoms with E-state index in [9.17, 15) is 22.7 Å². The van der Waals surface area contributed by atoms with Crippen LogP contribution in [-0.2, 0) is 10.0 Å². The van der Waals surface area contributed by atoms with Gasteiger partial charge in [-0.15, -0.1) is 0 Å². The zero-order valence-electron chi connectivity index (χ0n) is 14.8. The first-order valence-electron chi connectivity index (χ1n) is 8.64. The van der Waals surface area contributed by atoms with E-state index in [0.29, 0.717) is 24.1 Å². The smallest absolute Gasteiger partial charge is 0.255 e. The lowest BCUT2D eigenvalue weighted by atomic mass is 10.2. The van der Waals surface area contributed by atoms with Gasteiger partial charge in [-0.3, -0.25) is 4.79 Å². The first kappa shape index (κ1) is 19.5. The number of benzene rings is 2. The van der Waals surface area contributed by atoms with E-state index in [0.717, 1.165) is 6.42 Å². The molecule has 2 atom stereocenters. The van der Waals surface area contributed by atoms with Crippen molar-refractivity contribution < 1.29 is 22.7 Å². The summed E-state index contributed by atoms with van der Waals surface area (Å²) < 4.78 is 40.9. The van der Waals surface area contributed by atoms with Crippen molar-refractivity contribution in [1.29, 1.82) is 0 Å². The fourth-order valence-corrected chi connectivity index (χ4v) is 4.42. The molecule has 0 bridgehead atoms. The second-order valence-corrected chi connectivity index (χ2v) is 8.39. The summed E-state index contributed by atoms with van der Waals surface area (Å²) >= 11 is 0. The predicted octanol–water partition coefficient (Wildman–Crippen LogP) is 2.58. The molecule has 2 unspecified atom stereocenters. The van der Waals surface area contributed by atoms with Gasteiger partial charge in [0.2, 0.25) is 10.0 Å². The Hall–Kier alpha value is -2.29. The molecule has 144 valence electrons. The second kappa shape index (κ2) is 7.75. The van der Waals surface area contributed by atoms with Crippen molar-refractivity contribution in [3.05, 3.63) is 59.4 Å². The Bertz CT molecular complexity index is 962. The lowest BCUT2D eigenvalue weighted by molar-refractivity contribution is 0.102. The van der Waals surface area contributed by atoms with Crippen LogP contribution in [0.1, 0.15) is 35.2 Å². The van der Waals surface area contributed by atoms with Gasteiger partial charge in [0.1, 0.15) is 5.82 Å². The molecule has 2 aromatic carbocycles. The van der Waals surface area contributed by atoms with Gasteiger partial charge in [0.15, 0.2) is 0 Å². The number of rotatable bonds is 5. The average molecular weight is 392 g/mol. The van der Waals surface area contributed by atoms with Gasteiger partial charge >= 0.3 is 0 Å². The number of halogens is 1. The summed E-state index contributed by atoms with van der Waals surface area (Å²) in [5, 5.41) is 12.5. The number of aliphatic hydroxyl groups is 1. The third-order valence-electron chi connectivity index (χ3n) is 4.61. The number of carbonyl (C=O) groups excluding carboxylic acids is 1. The zero-order chi connectivity index (χ0) is 19.6. The highest BCUT2D eigenvalue weighted by atomic mass is 32.2. The number of amides is 1. The first-order valence-corrected chi connectivity index (χ1v) is 10.1. The van der Waals surface area contributed by atoms with E-state index in [1.165, 1.54) is 42.5 Å². The van der Waals surface area contributed by atoms with Crippen LogP contribution in [0.5, 0.6) is 0 Å². The molecule has 1 fully saturated rings. The van der Waals surface area contributed by atoms with Crippen molar-refractivity contribution in [2.24, 2.45) is 0 Å². The Kier molecular flexibility index (Phi) is 5.59. The van der Waals surface area contributed by atoms with Gasteiger partial charge < -0.3 is 10.4 Å². The maximum Gasteiger partial charge on any atom is 0.255 e. The Labute approximate surface area is 157 Å². The van der Waals surface area contributed by atoms with E-state index >= 15 is 0 Å². The molecule has 0 aliphatic heterocycles. The molecule has 3 N–H and O–H groups in total. The third-order valence-corrected chi connectivity index (χ3v) is 6.10. The van der Waals surface area contributed by atoms with Crippen LogP contribution in [0.2, 0.25) is 0 Å². The van der Waals surface area contributed by atoms with Crippen LogP contribution in [0, 0.1) is 12.7 Å². The number of hydrogen-bond acceptors (Lipinski definition) is 4. The van der Waals surface area contributed by atoms with Crippen molar-refractivity contribution in [3.63, 3.8) is 0 Å². The van der Waals surface area contributed by atoms with Gasteiger partial charge in [-0.05, 0) is 68.1 Å². The van der Waals surface area contributed by atoms with Crippen LogP contribution >= 0.6 is 0 Å². The molecule has 27 heavy (non-hydrogen) atoms. The molecule has 0 spiro atoms. The van der Waals surface area contributed by atoms with Crippen molar-refractivity contribution in [3.8, 4) is 0 Å². The van der Waals surface area contributed by atoms with E-state index < -0.39 is 28.1 Å². The molecule has 0 heterocycles. The van der Waals surface area contributed by atoms with Crippen LogP contribution in [0.25, 0.3) is 0 Å². The summed E-state index contributed by atoms with van der Waals surface area (Å²) in [7, 11) is -3.86. The molecule has 1 aliphatic rings. The van der Waals surface area contributed by atoms with Gasteiger partial charge in [-0.2, -0.15) is 0 Å². The number of sulfonamides is 1. The third kappa shape index (κ3) is 4.52. The molecule has 3 rings (SSSR count). The lowest BCUT2D eigenvalue weighted by Gasteiger charge is -2.17. The van der Waals surface area contributed by atoms with Crippen LogP contribution in [0.3, 0.4) is 0 Å². The molecule has 1 amide bonds. The van der Waals surface area contributed by atoms with E-state index in [4.69, 9.17) is 0 Å². The van der Waals surface area contributed by atoms with Gasteiger partial charge in [0, 0.05) is 17.3 Å². The molecule has 1 aliphatic carbocycles. The molecular weight excluding hydrogens is 371 g/mol. The summed E-state index contributed by atoms with van der Waals surface area (Å²) in [6, 6.07) is 9.30. The quantitative estimate of drug-likeness (QED) is 0.729. The SMILES string of the molecule is Cc1cc(NC(=O)c2cccc(S(=O)(=O)NC3CCCC3O)c2)ccc1F. The molecular formula is C19H21FN2O4S. The molecule has 8 heteroatoms. The van der Waals surface area contributed by atoms with Crippen molar-refractivity contribution in [2.45, 2.75) is 43.2 Å². The maximum atomic E-state index is 13.3. The van der Waals surface area contributed by atoms with Gasteiger partial charge in [0.25, 0.3) is 5.91 Å². The molecule has 0 saturated heterocycles. The van der Waals surface area contributed by atoms with Crippen molar-refractivity contribution in [1.82, 2.24) is 4.72 Å². The molecule has 1 saturated carbocycles. The van der Waals surface area contributed by atoms with Crippen LogP contribution in [-0.4, -0.2) is 31.6 Å². The zero-order valence-corrected chi connectivity index (χ0v) is 15.6. The Balaban J connectivity index is 1.77. The maximum absolute atomic E-state index is 13.3. The molecule has 2 aromatic rings. The Morgan fingerprint density at radius 3 is 2.63 bits per heavy atom. The topological polar surface area (TPSA) is 95.5 Å². The minimum atomic E-state index is -3.86. The molecule has 6 nitrogen and oxygen atoms in total. The Morgan fingerprint density at radius 2 is 1.96 bits per heavy atom. The highest BCUT2D eigenvalue weighted by Crippen LogP contribution is 2.22. The summed E-state index contributed by atoms with van der Waals surface area (Å²) in [5.41, 5.74) is 0.967. The number of hydrogen-bond donors (Lipinski definition) is 3. The van der Waals surface area contributed by atoms with Gasteiger partial charge in [-0.1, -0.05) is 6.07 Å². The fraction of sp³-hybridized carbons (Fsp3) is 0.316. The van der Waals surface area contributed by atoms with Crippen LogP contribution in [0.15, 0.2) is 47.4 Å². The molecule has 0 aromatic heterocycles. The van der Waals surface area contributed by atoms with E-state index in [1.54, 1.807) is 6.92 Å². The largest absolute Gasteiger partial charge is 0.391 e. The van der Waals surface area contributed by atoms with Crippen molar-refractivity contribution in [2.75, 3.05) is 5.32 Å². The predicted molar refractivity (Wildman–Crippen MR) is 99.5 cm³/mol. The number of anilines is 1. The summed E-state index contributed by atoms with van der Waals surface area (Å²) in [6.07, 6.45) is 1.19. The summed E-state index contributed by atoms with van der Waals surface area (Å²) in [5.74, 6) is -0.875. The summed E-state index contributed by atoms with van der Waals surface area (Å²) in [6.45, 7) is 1.58. The van der Waals surface area contributed by atoms with E-state index in [1.807, 2.05) is 0 Å². The number of aliphatic hydroxyl groups excluding tert-OH is 1. The number of aryl methyl sites for hydroxylation is 1. The standard InChI is InChI=1S/C19H21FN2O4S/c1-12-10-14(8-9-16(12)20)21-19(24)13-4-2-5-15(11-13)27(25,26)22-17-6-3-7-18(17)23/h2,4-5,8-11,17-18,22-23H,3,6-7H2,1H3,(H,21,24). The van der Waals surface area contributed by atoms with Gasteiger partial charge in [-0.25, -0.2) is 17.5 Å². The summed E-state index contributed by atoms with van der Waals surface area (Å²) in [4.78, 5) is 12.4. The normalized spacial score (nSPS) is 19.8. The Morgan fingerprint density at radius 1 is 1.19 bits per heavy atom. The molecule has 0 radical (unpaired) electrons. The van der Waals surface area contributed by atoms with Crippen LogP contribution < -0.4 is 10.0 Å². The number of nitrogens with one attached hydrogen (secondary N) is 2. The second-order valence-electron chi connectivity index (χ2n) is 6.67. The first-order chi connectivity index (χ1) is 12.8. The van der Waals surface area contributed by atoms with Gasteiger partial charge in [0.05, 0.1) is 11.0 Å². The highest BCUT2D eigenvalue weighted by molar-refractivity contribution is 7.89. The average Bonchev–Trinajstić information content (AvgIpc) is 3.02.